The summed E-state index contributed by atoms with van der Waals surface area (Å²) in [5.74, 6) is 0.500. The summed E-state index contributed by atoms with van der Waals surface area (Å²) in [6, 6.07) is 0. The molecule has 1 heterocycles. The van der Waals surface area contributed by atoms with Crippen LogP contribution in [0.2, 0.25) is 0 Å². The predicted octanol–water partition coefficient (Wildman–Crippen LogP) is 6.69. The lowest BCUT2D eigenvalue weighted by Gasteiger charge is -2.27. The lowest BCUT2D eigenvalue weighted by molar-refractivity contribution is -0.742. The lowest BCUT2D eigenvalue weighted by atomic mass is 9.91. The molecule has 1 aliphatic rings. The fourth-order valence-electron chi connectivity index (χ4n) is 4.06. The van der Waals surface area contributed by atoms with Crippen molar-refractivity contribution < 1.29 is 20.1 Å². The van der Waals surface area contributed by atoms with Crippen molar-refractivity contribution in [2.75, 3.05) is 13.2 Å². The normalized spacial score (nSPS) is 18.8. The summed E-state index contributed by atoms with van der Waals surface area (Å²) in [7, 11) is 0. The van der Waals surface area contributed by atoms with E-state index in [0.717, 1.165) is 13.0 Å². The number of rotatable bonds is 17. The van der Waals surface area contributed by atoms with Gasteiger partial charge in [-0.2, -0.15) is 0 Å². The van der Waals surface area contributed by atoms with Crippen molar-refractivity contribution >= 4 is 0 Å². The van der Waals surface area contributed by atoms with Gasteiger partial charge in [0.25, 0.3) is 5.09 Å². The van der Waals surface area contributed by atoms with E-state index in [1.807, 2.05) is 0 Å². The second kappa shape index (κ2) is 21.8. The molecule has 0 amide bonds. The molecule has 2 N–H and O–H groups in total. The van der Waals surface area contributed by atoms with Crippen LogP contribution < -0.4 is 0 Å². The van der Waals surface area contributed by atoms with E-state index in [0.29, 0.717) is 12.5 Å². The SMILES string of the molecule is CCCCCCCCCCCCCCCCCCC1CCOCC1O.O=[N+]([O-])O. The Morgan fingerprint density at radius 3 is 1.59 bits per heavy atom. The number of hydrogen-bond acceptors (Lipinski definition) is 4. The van der Waals surface area contributed by atoms with Gasteiger partial charge < -0.3 is 15.1 Å². The van der Waals surface area contributed by atoms with Crippen molar-refractivity contribution in [3.63, 3.8) is 0 Å². The standard InChI is InChI=1S/C23H46O2.HNO3/c1-2-3-4-5-6-7-8-9-10-11-12-13-14-15-16-17-18-22-19-20-25-21-23(22)24;2-1(3)4/h22-24H,2-21H2,1H3;(H,2,3,4). The minimum Gasteiger partial charge on any atom is -0.390 e. The molecule has 1 saturated heterocycles. The second-order valence-electron chi connectivity index (χ2n) is 8.52. The van der Waals surface area contributed by atoms with Crippen molar-refractivity contribution in [1.82, 2.24) is 0 Å². The summed E-state index contributed by atoms with van der Waals surface area (Å²) in [4.78, 5) is 8.36. The van der Waals surface area contributed by atoms with E-state index in [-0.39, 0.29) is 6.10 Å². The maximum Gasteiger partial charge on any atom is 0.291 e. The molecule has 0 saturated carbocycles. The molecule has 1 fully saturated rings. The molecular weight excluding hydrogens is 370 g/mol. The van der Waals surface area contributed by atoms with Crippen molar-refractivity contribution in [2.45, 2.75) is 129 Å². The molecule has 0 aliphatic carbocycles. The third-order valence-corrected chi connectivity index (χ3v) is 5.89. The smallest absolute Gasteiger partial charge is 0.291 e. The Hall–Kier alpha value is -0.880. The third-order valence-electron chi connectivity index (χ3n) is 5.89. The van der Waals surface area contributed by atoms with Gasteiger partial charge >= 0.3 is 0 Å². The maximum atomic E-state index is 9.87. The molecule has 1 aliphatic heterocycles. The first-order valence-electron chi connectivity index (χ1n) is 12.2. The molecule has 0 spiro atoms. The zero-order chi connectivity index (χ0) is 21.6. The summed E-state index contributed by atoms with van der Waals surface area (Å²) in [5, 5.41) is 23.5. The lowest BCUT2D eigenvalue weighted by Crippen LogP contribution is -2.32. The molecule has 6 nitrogen and oxygen atoms in total. The first kappa shape index (κ1) is 28.1. The predicted molar refractivity (Wildman–Crippen MR) is 118 cm³/mol. The van der Waals surface area contributed by atoms with Gasteiger partial charge in [0, 0.05) is 6.61 Å². The number of aliphatic hydroxyl groups excluding tert-OH is 1. The van der Waals surface area contributed by atoms with E-state index in [2.05, 4.69) is 6.92 Å². The van der Waals surface area contributed by atoms with Crippen LogP contribution in [0.25, 0.3) is 0 Å². The van der Waals surface area contributed by atoms with E-state index in [1.165, 1.54) is 109 Å². The van der Waals surface area contributed by atoms with Crippen LogP contribution in [0.15, 0.2) is 0 Å². The van der Waals surface area contributed by atoms with Crippen molar-refractivity contribution in [3.05, 3.63) is 10.1 Å². The number of ether oxygens (including phenoxy) is 1. The van der Waals surface area contributed by atoms with Crippen LogP contribution in [0, 0.1) is 16.0 Å². The molecular formula is C23H47NO5. The van der Waals surface area contributed by atoms with E-state index in [9.17, 15) is 5.11 Å². The Kier molecular flexibility index (Phi) is 21.2. The number of hydrogen-bond donors (Lipinski definition) is 2. The van der Waals surface area contributed by atoms with Gasteiger partial charge in [-0.3, -0.25) is 0 Å². The van der Waals surface area contributed by atoms with Gasteiger partial charge in [0.1, 0.15) is 0 Å². The molecule has 1 rings (SSSR count). The summed E-state index contributed by atoms with van der Waals surface area (Å²) >= 11 is 0. The average Bonchev–Trinajstić information content (AvgIpc) is 2.68. The maximum absolute atomic E-state index is 9.87. The number of nitrogens with zero attached hydrogens (tertiary/aromatic N) is 1. The summed E-state index contributed by atoms with van der Waals surface area (Å²) in [6.45, 7) is 3.70. The summed E-state index contributed by atoms with van der Waals surface area (Å²) in [6.07, 6.45) is 24.8. The fourth-order valence-corrected chi connectivity index (χ4v) is 4.06. The van der Waals surface area contributed by atoms with Crippen molar-refractivity contribution in [3.8, 4) is 0 Å². The Morgan fingerprint density at radius 1 is 0.828 bits per heavy atom. The molecule has 6 heteroatoms. The van der Waals surface area contributed by atoms with Gasteiger partial charge in [0.15, 0.2) is 0 Å². The quantitative estimate of drug-likeness (QED) is 0.156. The minimum absolute atomic E-state index is 0.204. The zero-order valence-corrected chi connectivity index (χ0v) is 18.9. The zero-order valence-electron chi connectivity index (χ0n) is 18.9. The Balaban J connectivity index is 0.00000178. The number of unbranched alkanes of at least 4 members (excludes halogenated alkanes) is 15. The molecule has 29 heavy (non-hydrogen) atoms. The largest absolute Gasteiger partial charge is 0.390 e. The monoisotopic (exact) mass is 417 g/mol. The fraction of sp³-hybridized carbons (Fsp3) is 1.00. The van der Waals surface area contributed by atoms with Gasteiger partial charge in [0.2, 0.25) is 0 Å². The van der Waals surface area contributed by atoms with Crippen LogP contribution in [-0.2, 0) is 4.74 Å². The highest BCUT2D eigenvalue weighted by Gasteiger charge is 2.22. The highest BCUT2D eigenvalue weighted by molar-refractivity contribution is 4.72. The van der Waals surface area contributed by atoms with Crippen LogP contribution in [0.1, 0.15) is 122 Å². The molecule has 0 aromatic rings. The van der Waals surface area contributed by atoms with Crippen LogP contribution in [0.3, 0.4) is 0 Å². The van der Waals surface area contributed by atoms with Gasteiger partial charge in [0.05, 0.1) is 12.7 Å². The second-order valence-corrected chi connectivity index (χ2v) is 8.52. The molecule has 0 aromatic carbocycles. The number of aliphatic hydroxyl groups is 1. The summed E-state index contributed by atoms with van der Waals surface area (Å²) in [5.41, 5.74) is 0. The first-order chi connectivity index (χ1) is 14.1. The van der Waals surface area contributed by atoms with Crippen LogP contribution >= 0.6 is 0 Å². The van der Waals surface area contributed by atoms with Crippen LogP contribution in [0.5, 0.6) is 0 Å². The summed E-state index contributed by atoms with van der Waals surface area (Å²) < 4.78 is 5.29. The van der Waals surface area contributed by atoms with E-state index < -0.39 is 5.09 Å². The third kappa shape index (κ3) is 21.6. The van der Waals surface area contributed by atoms with Gasteiger partial charge in [-0.25, -0.2) is 0 Å². The van der Waals surface area contributed by atoms with Gasteiger partial charge in [-0.1, -0.05) is 110 Å². The van der Waals surface area contributed by atoms with E-state index in [4.69, 9.17) is 20.1 Å². The molecule has 0 bridgehead atoms. The Labute approximate surface area is 178 Å². The molecule has 2 unspecified atom stereocenters. The van der Waals surface area contributed by atoms with E-state index >= 15 is 0 Å². The topological polar surface area (TPSA) is 92.8 Å². The Morgan fingerprint density at radius 2 is 1.21 bits per heavy atom. The molecule has 0 radical (unpaired) electrons. The van der Waals surface area contributed by atoms with Gasteiger partial charge in [-0.15, -0.1) is 10.1 Å². The molecule has 0 aromatic heterocycles. The van der Waals surface area contributed by atoms with E-state index in [1.54, 1.807) is 0 Å². The van der Waals surface area contributed by atoms with Crippen molar-refractivity contribution in [1.29, 1.82) is 0 Å². The first-order valence-corrected chi connectivity index (χ1v) is 12.2. The highest BCUT2D eigenvalue weighted by atomic mass is 16.9. The molecule has 2 atom stereocenters. The van der Waals surface area contributed by atoms with Crippen molar-refractivity contribution in [2.24, 2.45) is 5.92 Å². The van der Waals surface area contributed by atoms with Gasteiger partial charge in [-0.05, 0) is 18.8 Å². The van der Waals surface area contributed by atoms with Crippen LogP contribution in [0.4, 0.5) is 0 Å². The van der Waals surface area contributed by atoms with Crippen LogP contribution in [-0.4, -0.2) is 34.7 Å². The molecule has 174 valence electrons. The average molecular weight is 418 g/mol. The Bertz CT molecular complexity index is 350. The minimum atomic E-state index is -1.50. The highest BCUT2D eigenvalue weighted by Crippen LogP contribution is 2.22.